The number of thiol groups is 1. The van der Waals surface area contributed by atoms with Crippen LogP contribution in [0.2, 0.25) is 5.02 Å². The Bertz CT molecular complexity index is 1100. The highest BCUT2D eigenvalue weighted by molar-refractivity contribution is 7.80. The van der Waals surface area contributed by atoms with Crippen LogP contribution < -0.4 is 5.56 Å². The van der Waals surface area contributed by atoms with E-state index in [2.05, 4.69) is 27.9 Å². The first-order chi connectivity index (χ1) is 11.7. The van der Waals surface area contributed by atoms with E-state index in [4.69, 9.17) is 11.6 Å². The van der Waals surface area contributed by atoms with E-state index in [9.17, 15) is 4.79 Å². The molecule has 0 fully saturated rings. The molecular weight excluding hydrogens is 346 g/mol. The second-order valence-electron chi connectivity index (χ2n) is 5.27. The second kappa shape index (κ2) is 5.92. The summed E-state index contributed by atoms with van der Waals surface area (Å²) in [6, 6.07) is 9.24. The minimum absolute atomic E-state index is 0.195. The molecule has 3 heterocycles. The zero-order valence-electron chi connectivity index (χ0n) is 12.4. The molecule has 4 aromatic rings. The van der Waals surface area contributed by atoms with Gasteiger partial charge in [0, 0.05) is 29.1 Å². The van der Waals surface area contributed by atoms with Crippen molar-refractivity contribution in [3.05, 3.63) is 58.1 Å². The van der Waals surface area contributed by atoms with Gasteiger partial charge in [-0.15, -0.1) is 10.2 Å². The van der Waals surface area contributed by atoms with E-state index in [1.165, 1.54) is 0 Å². The molecule has 24 heavy (non-hydrogen) atoms. The van der Waals surface area contributed by atoms with Crippen molar-refractivity contribution in [1.29, 1.82) is 0 Å². The van der Waals surface area contributed by atoms with Gasteiger partial charge in [0.2, 0.25) is 0 Å². The summed E-state index contributed by atoms with van der Waals surface area (Å²) in [4.78, 5) is 12.4. The van der Waals surface area contributed by atoms with Crippen molar-refractivity contribution in [1.82, 2.24) is 24.4 Å². The monoisotopic (exact) mass is 357 g/mol. The van der Waals surface area contributed by atoms with E-state index in [1.807, 2.05) is 30.3 Å². The molecule has 6 nitrogen and oxygen atoms in total. The summed E-state index contributed by atoms with van der Waals surface area (Å²) in [5.74, 6) is 0.573. The number of hydrogen-bond acceptors (Lipinski definition) is 5. The summed E-state index contributed by atoms with van der Waals surface area (Å²) >= 11 is 10.1. The van der Waals surface area contributed by atoms with Gasteiger partial charge in [-0.2, -0.15) is 17.7 Å². The van der Waals surface area contributed by atoms with E-state index < -0.39 is 0 Å². The molecule has 1 aromatic carbocycles. The van der Waals surface area contributed by atoms with Gasteiger partial charge in [-0.25, -0.2) is 4.52 Å². The first-order valence-electron chi connectivity index (χ1n) is 7.29. The summed E-state index contributed by atoms with van der Waals surface area (Å²) in [5, 5.41) is 13.4. The van der Waals surface area contributed by atoms with Crippen LogP contribution in [-0.2, 0) is 6.54 Å². The van der Waals surface area contributed by atoms with Crippen molar-refractivity contribution in [2.24, 2.45) is 0 Å². The highest BCUT2D eigenvalue weighted by Gasteiger charge is 2.14. The van der Waals surface area contributed by atoms with Crippen LogP contribution in [0.1, 0.15) is 0 Å². The minimum atomic E-state index is -0.195. The number of pyridine rings is 1. The Hall–Kier alpha value is -2.38. The van der Waals surface area contributed by atoms with E-state index in [1.54, 1.807) is 21.5 Å². The van der Waals surface area contributed by atoms with Crippen molar-refractivity contribution < 1.29 is 0 Å². The maximum absolute atomic E-state index is 12.4. The predicted octanol–water partition coefficient (Wildman–Crippen LogP) is 2.69. The second-order valence-corrected chi connectivity index (χ2v) is 6.16. The third-order valence-corrected chi connectivity index (χ3v) is 4.28. The quantitative estimate of drug-likeness (QED) is 0.572. The zero-order valence-corrected chi connectivity index (χ0v) is 14.1. The molecule has 0 aliphatic heterocycles. The van der Waals surface area contributed by atoms with E-state index in [0.29, 0.717) is 28.5 Å². The zero-order chi connectivity index (χ0) is 16.7. The fourth-order valence-electron chi connectivity index (χ4n) is 2.65. The van der Waals surface area contributed by atoms with Gasteiger partial charge in [0.05, 0.1) is 6.20 Å². The van der Waals surface area contributed by atoms with Crippen molar-refractivity contribution in [2.75, 3.05) is 5.75 Å². The molecular formula is C16H12ClN5OS. The lowest BCUT2D eigenvalue weighted by Crippen LogP contribution is -2.22. The Morgan fingerprint density at radius 1 is 1.12 bits per heavy atom. The topological polar surface area (TPSA) is 65.1 Å². The molecule has 0 saturated heterocycles. The molecule has 8 heteroatoms. The van der Waals surface area contributed by atoms with Gasteiger partial charge in [0.1, 0.15) is 5.52 Å². The standard InChI is InChI=1S/C16H12ClN5OS/c17-11-3-1-10(2-4-11)12-9-18-22-13-5-6-21(7-8-24)16(23)14(13)19-20-15(12)22/h1-6,9,24H,7-8H2. The first-order valence-corrected chi connectivity index (χ1v) is 8.30. The Kier molecular flexibility index (Phi) is 3.74. The molecule has 0 atom stereocenters. The van der Waals surface area contributed by atoms with Gasteiger partial charge in [0.25, 0.3) is 5.56 Å². The largest absolute Gasteiger partial charge is 0.313 e. The first kappa shape index (κ1) is 15.2. The number of hydrogen-bond donors (Lipinski definition) is 1. The molecule has 0 saturated carbocycles. The summed E-state index contributed by atoms with van der Waals surface area (Å²) < 4.78 is 3.21. The van der Waals surface area contributed by atoms with E-state index >= 15 is 0 Å². The van der Waals surface area contributed by atoms with Crippen LogP contribution in [0.25, 0.3) is 27.8 Å². The molecule has 0 amide bonds. The fourth-order valence-corrected chi connectivity index (χ4v) is 2.99. The Balaban J connectivity index is 1.96. The van der Waals surface area contributed by atoms with Crippen molar-refractivity contribution in [2.45, 2.75) is 6.54 Å². The third-order valence-electron chi connectivity index (χ3n) is 3.83. The smallest absolute Gasteiger partial charge is 0.280 e. The molecule has 0 spiro atoms. The highest BCUT2D eigenvalue weighted by atomic mass is 35.5. The van der Waals surface area contributed by atoms with Crippen LogP contribution in [0.4, 0.5) is 0 Å². The molecule has 120 valence electrons. The van der Waals surface area contributed by atoms with Gasteiger partial charge in [0.15, 0.2) is 11.2 Å². The van der Waals surface area contributed by atoms with Gasteiger partial charge >= 0.3 is 0 Å². The molecule has 0 bridgehead atoms. The van der Waals surface area contributed by atoms with Gasteiger partial charge < -0.3 is 4.57 Å². The van der Waals surface area contributed by atoms with Crippen LogP contribution in [0.15, 0.2) is 47.5 Å². The SMILES string of the molecule is O=c1c2nnc3c(-c4ccc(Cl)cc4)cnn3c2ccn1CCS. The van der Waals surface area contributed by atoms with Crippen molar-refractivity contribution in [3.8, 4) is 11.1 Å². The summed E-state index contributed by atoms with van der Waals surface area (Å²) in [5.41, 5.74) is 3.08. The normalized spacial score (nSPS) is 11.4. The number of fused-ring (bicyclic) bond motifs is 3. The number of nitrogens with zero attached hydrogens (tertiary/aromatic N) is 5. The molecule has 0 unspecified atom stereocenters. The van der Waals surface area contributed by atoms with Crippen LogP contribution >= 0.6 is 24.2 Å². The number of aromatic nitrogens is 5. The lowest BCUT2D eigenvalue weighted by atomic mass is 10.1. The maximum atomic E-state index is 12.4. The average molecular weight is 358 g/mol. The number of rotatable bonds is 3. The molecule has 0 aliphatic rings. The molecule has 4 rings (SSSR count). The lowest BCUT2D eigenvalue weighted by molar-refractivity contribution is 0.738. The van der Waals surface area contributed by atoms with Gasteiger partial charge in [-0.05, 0) is 23.8 Å². The van der Waals surface area contributed by atoms with Crippen LogP contribution in [0.3, 0.4) is 0 Å². The number of halogens is 1. The number of benzene rings is 1. The summed E-state index contributed by atoms with van der Waals surface area (Å²) in [6.45, 7) is 0.521. The van der Waals surface area contributed by atoms with Crippen LogP contribution in [0, 0.1) is 0 Å². The Labute approximate surface area is 147 Å². The van der Waals surface area contributed by atoms with E-state index in [0.717, 1.165) is 11.1 Å². The summed E-state index contributed by atoms with van der Waals surface area (Å²) in [7, 11) is 0. The molecule has 3 aromatic heterocycles. The summed E-state index contributed by atoms with van der Waals surface area (Å²) in [6.07, 6.45) is 3.44. The molecule has 0 N–H and O–H groups in total. The maximum Gasteiger partial charge on any atom is 0.280 e. The average Bonchev–Trinajstić information content (AvgIpc) is 3.02. The van der Waals surface area contributed by atoms with E-state index in [-0.39, 0.29) is 11.1 Å². The van der Waals surface area contributed by atoms with Crippen LogP contribution in [-0.4, -0.2) is 30.1 Å². The molecule has 0 aliphatic carbocycles. The fraction of sp³-hybridized carbons (Fsp3) is 0.125. The minimum Gasteiger partial charge on any atom is -0.313 e. The Morgan fingerprint density at radius 3 is 2.67 bits per heavy atom. The van der Waals surface area contributed by atoms with Crippen molar-refractivity contribution >= 4 is 40.9 Å². The lowest BCUT2D eigenvalue weighted by Gasteiger charge is -2.05. The third kappa shape index (κ3) is 2.37. The van der Waals surface area contributed by atoms with Gasteiger partial charge in [-0.1, -0.05) is 23.7 Å². The number of aryl methyl sites for hydroxylation is 1. The molecule has 0 radical (unpaired) electrons. The predicted molar refractivity (Wildman–Crippen MR) is 96.8 cm³/mol. The van der Waals surface area contributed by atoms with Crippen molar-refractivity contribution in [3.63, 3.8) is 0 Å². The highest BCUT2D eigenvalue weighted by Crippen LogP contribution is 2.25. The van der Waals surface area contributed by atoms with Crippen LogP contribution in [0.5, 0.6) is 0 Å². The Morgan fingerprint density at radius 2 is 1.92 bits per heavy atom. The van der Waals surface area contributed by atoms with Gasteiger partial charge in [-0.3, -0.25) is 4.79 Å².